The molecule has 1 unspecified atom stereocenters. The first kappa shape index (κ1) is 13.9. The van der Waals surface area contributed by atoms with Gasteiger partial charge in [-0.05, 0) is 38.9 Å². The van der Waals surface area contributed by atoms with E-state index in [1.165, 1.54) is 0 Å². The highest BCUT2D eigenvalue weighted by molar-refractivity contribution is 7.99. The van der Waals surface area contributed by atoms with Crippen LogP contribution in [0.3, 0.4) is 0 Å². The number of aromatic nitrogens is 1. The summed E-state index contributed by atoms with van der Waals surface area (Å²) in [7, 11) is 1.82. The van der Waals surface area contributed by atoms with Crippen molar-refractivity contribution in [1.29, 1.82) is 5.26 Å². The molecule has 0 aliphatic heterocycles. The first-order valence-electron chi connectivity index (χ1n) is 6.25. The van der Waals surface area contributed by atoms with Crippen molar-refractivity contribution < 1.29 is 4.42 Å². The number of nitrogens with one attached hydrogen (secondary N) is 1. The summed E-state index contributed by atoms with van der Waals surface area (Å²) < 4.78 is 5.62. The van der Waals surface area contributed by atoms with Crippen LogP contribution in [0, 0.1) is 11.3 Å². The first-order valence-corrected chi connectivity index (χ1v) is 7.24. The largest absolute Gasteiger partial charge is 0.431 e. The molecule has 19 heavy (non-hydrogen) atoms. The topological polar surface area (TPSA) is 61.9 Å². The molecular formula is C14H17N3OS. The summed E-state index contributed by atoms with van der Waals surface area (Å²) in [6, 6.07) is 10.0. The van der Waals surface area contributed by atoms with Gasteiger partial charge in [-0.3, -0.25) is 0 Å². The molecule has 1 N–H and O–H groups in total. The lowest BCUT2D eigenvalue weighted by molar-refractivity contribution is 0.450. The average molecular weight is 275 g/mol. The molecule has 4 nitrogen and oxygen atoms in total. The van der Waals surface area contributed by atoms with Crippen LogP contribution in [0.25, 0.3) is 11.1 Å². The second-order valence-corrected chi connectivity index (χ2v) is 5.64. The van der Waals surface area contributed by atoms with E-state index in [-0.39, 0.29) is 0 Å². The number of rotatable bonds is 6. The maximum Gasteiger partial charge on any atom is 0.256 e. The fourth-order valence-electron chi connectivity index (χ4n) is 1.73. The Kier molecular flexibility index (Phi) is 4.46. The summed E-state index contributed by atoms with van der Waals surface area (Å²) in [5.74, 6) is 0.895. The normalized spacial score (nSPS) is 14.2. The Morgan fingerprint density at radius 3 is 2.95 bits per heavy atom. The third-order valence-corrected chi connectivity index (χ3v) is 4.03. The van der Waals surface area contributed by atoms with Crippen molar-refractivity contribution in [3.05, 3.63) is 24.3 Å². The molecule has 2 aromatic rings. The molecule has 0 saturated heterocycles. The Morgan fingerprint density at radius 1 is 1.47 bits per heavy atom. The number of hydrogen-bond donors (Lipinski definition) is 1. The van der Waals surface area contributed by atoms with Gasteiger partial charge in [-0.1, -0.05) is 23.9 Å². The quantitative estimate of drug-likeness (QED) is 0.648. The number of thioether (sulfide) groups is 1. The van der Waals surface area contributed by atoms with Gasteiger partial charge in [0, 0.05) is 5.75 Å². The molecule has 0 aliphatic rings. The van der Waals surface area contributed by atoms with E-state index in [4.69, 9.17) is 9.68 Å². The van der Waals surface area contributed by atoms with Gasteiger partial charge >= 0.3 is 0 Å². The molecule has 0 spiro atoms. The summed E-state index contributed by atoms with van der Waals surface area (Å²) in [6.45, 7) is 1.91. The molecule has 0 fully saturated rings. The van der Waals surface area contributed by atoms with E-state index < -0.39 is 5.54 Å². The second-order valence-electron chi connectivity index (χ2n) is 4.59. The fourth-order valence-corrected chi connectivity index (χ4v) is 2.51. The van der Waals surface area contributed by atoms with Gasteiger partial charge in [0.2, 0.25) is 0 Å². The summed E-state index contributed by atoms with van der Waals surface area (Å²) >= 11 is 1.59. The van der Waals surface area contributed by atoms with Crippen LogP contribution in [0.1, 0.15) is 19.8 Å². The Balaban J connectivity index is 1.85. The number of nitrogens with zero attached hydrogens (tertiary/aromatic N) is 2. The molecule has 1 aromatic carbocycles. The number of para-hydroxylation sites is 2. The summed E-state index contributed by atoms with van der Waals surface area (Å²) in [6.07, 6.45) is 1.75. The molecule has 0 amide bonds. The minimum Gasteiger partial charge on any atom is -0.431 e. The lowest BCUT2D eigenvalue weighted by atomic mass is 9.99. The number of benzene rings is 1. The predicted octanol–water partition coefficient (Wildman–Crippen LogP) is 3.20. The van der Waals surface area contributed by atoms with Crippen molar-refractivity contribution in [2.45, 2.75) is 30.5 Å². The van der Waals surface area contributed by atoms with E-state index in [9.17, 15) is 0 Å². The minimum atomic E-state index is -0.443. The maximum absolute atomic E-state index is 9.05. The summed E-state index contributed by atoms with van der Waals surface area (Å²) in [5, 5.41) is 12.8. The molecule has 1 atom stereocenters. The van der Waals surface area contributed by atoms with Crippen LogP contribution in [0.4, 0.5) is 0 Å². The lowest BCUT2D eigenvalue weighted by Crippen LogP contribution is -2.37. The molecule has 2 rings (SSSR count). The van der Waals surface area contributed by atoms with Gasteiger partial charge in [0.15, 0.2) is 5.58 Å². The van der Waals surface area contributed by atoms with Gasteiger partial charge in [0.05, 0.1) is 6.07 Å². The van der Waals surface area contributed by atoms with Gasteiger partial charge in [0.1, 0.15) is 11.1 Å². The van der Waals surface area contributed by atoms with Crippen LogP contribution in [0.15, 0.2) is 33.9 Å². The predicted molar refractivity (Wildman–Crippen MR) is 77.0 cm³/mol. The zero-order chi connectivity index (χ0) is 13.7. The molecule has 0 aliphatic carbocycles. The highest BCUT2D eigenvalue weighted by atomic mass is 32.2. The third kappa shape index (κ3) is 3.49. The lowest BCUT2D eigenvalue weighted by Gasteiger charge is -2.19. The fraction of sp³-hybridized carbons (Fsp3) is 0.429. The first-order chi connectivity index (χ1) is 9.17. The van der Waals surface area contributed by atoms with Crippen LogP contribution in [0.2, 0.25) is 0 Å². The highest BCUT2D eigenvalue weighted by Gasteiger charge is 2.20. The molecule has 5 heteroatoms. The molecule has 0 bridgehead atoms. The van der Waals surface area contributed by atoms with E-state index in [1.54, 1.807) is 11.8 Å². The SMILES string of the molecule is CNC(C)(C#N)CCCSc1nc2ccccc2o1. The Morgan fingerprint density at radius 2 is 2.26 bits per heavy atom. The number of oxazole rings is 1. The van der Waals surface area contributed by atoms with Crippen LogP contribution in [0.5, 0.6) is 0 Å². The van der Waals surface area contributed by atoms with Crippen molar-refractivity contribution in [2.24, 2.45) is 0 Å². The van der Waals surface area contributed by atoms with Crippen molar-refractivity contribution in [1.82, 2.24) is 10.3 Å². The smallest absolute Gasteiger partial charge is 0.256 e. The van der Waals surface area contributed by atoms with Crippen molar-refractivity contribution in [2.75, 3.05) is 12.8 Å². The van der Waals surface area contributed by atoms with E-state index in [0.717, 1.165) is 29.7 Å². The second kappa shape index (κ2) is 6.09. The van der Waals surface area contributed by atoms with Crippen LogP contribution >= 0.6 is 11.8 Å². The number of hydrogen-bond acceptors (Lipinski definition) is 5. The number of nitriles is 1. The Labute approximate surface area is 117 Å². The average Bonchev–Trinajstić information content (AvgIpc) is 2.86. The monoisotopic (exact) mass is 275 g/mol. The van der Waals surface area contributed by atoms with E-state index >= 15 is 0 Å². The highest BCUT2D eigenvalue weighted by Crippen LogP contribution is 2.24. The summed E-state index contributed by atoms with van der Waals surface area (Å²) in [4.78, 5) is 4.40. The molecule has 100 valence electrons. The molecule has 0 saturated carbocycles. The molecular weight excluding hydrogens is 258 g/mol. The minimum absolute atomic E-state index is 0.443. The van der Waals surface area contributed by atoms with Crippen molar-refractivity contribution in [3.8, 4) is 6.07 Å². The Hall–Kier alpha value is -1.51. The van der Waals surface area contributed by atoms with Gasteiger partial charge in [-0.15, -0.1) is 0 Å². The zero-order valence-electron chi connectivity index (χ0n) is 11.1. The van der Waals surface area contributed by atoms with Crippen molar-refractivity contribution in [3.63, 3.8) is 0 Å². The molecule has 1 heterocycles. The van der Waals surface area contributed by atoms with Crippen LogP contribution in [-0.4, -0.2) is 23.3 Å². The van der Waals surface area contributed by atoms with E-state index in [2.05, 4.69) is 16.4 Å². The third-order valence-electron chi connectivity index (χ3n) is 3.12. The van der Waals surface area contributed by atoms with Gasteiger partial charge in [-0.2, -0.15) is 5.26 Å². The Bertz CT molecular complexity index is 557. The maximum atomic E-state index is 9.05. The summed E-state index contributed by atoms with van der Waals surface area (Å²) in [5.41, 5.74) is 1.27. The number of fused-ring (bicyclic) bond motifs is 1. The van der Waals surface area contributed by atoms with Crippen LogP contribution in [-0.2, 0) is 0 Å². The van der Waals surface area contributed by atoms with Gasteiger partial charge in [-0.25, -0.2) is 4.98 Å². The standard InChI is InChI=1S/C14H17N3OS/c1-14(10-15,16-2)8-5-9-19-13-17-11-6-3-4-7-12(11)18-13/h3-4,6-7,16H,5,8-9H2,1-2H3. The van der Waals surface area contributed by atoms with Gasteiger partial charge < -0.3 is 9.73 Å². The zero-order valence-corrected chi connectivity index (χ0v) is 12.0. The van der Waals surface area contributed by atoms with E-state index in [0.29, 0.717) is 5.22 Å². The molecule has 0 radical (unpaired) electrons. The van der Waals surface area contributed by atoms with Crippen LogP contribution < -0.4 is 5.32 Å². The van der Waals surface area contributed by atoms with Crippen molar-refractivity contribution >= 4 is 22.9 Å². The molecule has 1 aromatic heterocycles. The van der Waals surface area contributed by atoms with E-state index in [1.807, 2.05) is 38.2 Å². The van der Waals surface area contributed by atoms with Gasteiger partial charge in [0.25, 0.3) is 5.22 Å².